The van der Waals surface area contributed by atoms with E-state index in [0.717, 1.165) is 5.56 Å². The van der Waals surface area contributed by atoms with Crippen LogP contribution in [0.4, 0.5) is 4.39 Å². The van der Waals surface area contributed by atoms with Gasteiger partial charge in [0.15, 0.2) is 0 Å². The van der Waals surface area contributed by atoms with Crippen molar-refractivity contribution in [1.82, 2.24) is 4.31 Å². The molecule has 2 aromatic carbocycles. The molecule has 1 fully saturated rings. The molecule has 2 N–H and O–H groups in total. The third kappa shape index (κ3) is 3.70. The molecule has 1 aliphatic heterocycles. The molecule has 1 heterocycles. The lowest BCUT2D eigenvalue weighted by atomic mass is 9.89. The third-order valence-corrected chi connectivity index (χ3v) is 7.19. The molecule has 6 nitrogen and oxygen atoms in total. The zero-order valence-corrected chi connectivity index (χ0v) is 16.1. The summed E-state index contributed by atoms with van der Waals surface area (Å²) < 4.78 is 52.4. The fourth-order valence-electron chi connectivity index (χ4n) is 3.31. The summed E-state index contributed by atoms with van der Waals surface area (Å²) in [7, 11) is -0.789. The maximum absolute atomic E-state index is 14.3. The minimum atomic E-state index is -3.84. The molecule has 0 radical (unpaired) electrons. The molecule has 1 saturated heterocycles. The summed E-state index contributed by atoms with van der Waals surface area (Å²) >= 11 is 0. The van der Waals surface area contributed by atoms with Crippen LogP contribution in [0.25, 0.3) is 0 Å². The Labute approximate surface area is 158 Å². The highest BCUT2D eigenvalue weighted by Gasteiger charge is 2.51. The van der Waals surface area contributed by atoms with Crippen molar-refractivity contribution < 1.29 is 22.3 Å². The second kappa shape index (κ2) is 7.55. The van der Waals surface area contributed by atoms with Gasteiger partial charge in [-0.3, -0.25) is 0 Å². The van der Waals surface area contributed by atoms with Gasteiger partial charge in [0.05, 0.1) is 25.9 Å². The SMILES string of the molecule is COc1ccc(CN(C)S(=O)(=O)C2COCC2(N)c2ccccc2F)cc1. The minimum Gasteiger partial charge on any atom is -0.497 e. The third-order valence-electron chi connectivity index (χ3n) is 4.92. The molecule has 0 amide bonds. The summed E-state index contributed by atoms with van der Waals surface area (Å²) in [5.74, 6) is 0.150. The number of halogens is 1. The van der Waals surface area contributed by atoms with E-state index in [-0.39, 0.29) is 25.3 Å². The highest BCUT2D eigenvalue weighted by molar-refractivity contribution is 7.89. The Balaban J connectivity index is 1.87. The van der Waals surface area contributed by atoms with Crippen molar-refractivity contribution in [3.63, 3.8) is 0 Å². The molecule has 0 spiro atoms. The van der Waals surface area contributed by atoms with E-state index in [4.69, 9.17) is 15.2 Å². The summed E-state index contributed by atoms with van der Waals surface area (Å²) in [5.41, 5.74) is 5.89. The lowest BCUT2D eigenvalue weighted by molar-refractivity contribution is 0.177. The largest absolute Gasteiger partial charge is 0.497 e. The van der Waals surface area contributed by atoms with E-state index in [1.165, 1.54) is 29.6 Å². The summed E-state index contributed by atoms with van der Waals surface area (Å²) in [5, 5.41) is -1.08. The van der Waals surface area contributed by atoms with Crippen LogP contribution in [0, 0.1) is 5.82 Å². The van der Waals surface area contributed by atoms with Gasteiger partial charge in [0.1, 0.15) is 16.8 Å². The Morgan fingerprint density at radius 2 is 1.93 bits per heavy atom. The Morgan fingerprint density at radius 1 is 1.26 bits per heavy atom. The molecule has 8 heteroatoms. The molecule has 0 bridgehead atoms. The lowest BCUT2D eigenvalue weighted by Crippen LogP contribution is -2.54. The second-order valence-corrected chi connectivity index (χ2v) is 8.90. The molecule has 3 rings (SSSR count). The van der Waals surface area contributed by atoms with Crippen LogP contribution in [-0.2, 0) is 26.8 Å². The number of hydrogen-bond donors (Lipinski definition) is 1. The van der Waals surface area contributed by atoms with E-state index >= 15 is 0 Å². The van der Waals surface area contributed by atoms with E-state index in [2.05, 4.69) is 0 Å². The van der Waals surface area contributed by atoms with Gasteiger partial charge in [-0.15, -0.1) is 0 Å². The van der Waals surface area contributed by atoms with E-state index in [1.807, 2.05) is 0 Å². The smallest absolute Gasteiger partial charge is 0.221 e. The fraction of sp³-hybridized carbons (Fsp3) is 0.368. The first-order chi connectivity index (χ1) is 12.8. The van der Waals surface area contributed by atoms with Gasteiger partial charge >= 0.3 is 0 Å². The number of sulfonamides is 1. The van der Waals surface area contributed by atoms with Crippen molar-refractivity contribution in [2.45, 2.75) is 17.3 Å². The molecule has 0 saturated carbocycles. The summed E-state index contributed by atoms with van der Waals surface area (Å²) in [6.07, 6.45) is 0. The maximum Gasteiger partial charge on any atom is 0.221 e. The van der Waals surface area contributed by atoms with Gasteiger partial charge in [0.25, 0.3) is 0 Å². The summed E-state index contributed by atoms with van der Waals surface area (Å²) in [6, 6.07) is 13.1. The zero-order chi connectivity index (χ0) is 19.7. The zero-order valence-electron chi connectivity index (χ0n) is 15.3. The van der Waals surface area contributed by atoms with E-state index in [9.17, 15) is 12.8 Å². The van der Waals surface area contributed by atoms with Crippen LogP contribution in [0.15, 0.2) is 48.5 Å². The average molecular weight is 394 g/mol. The van der Waals surface area contributed by atoms with E-state index in [0.29, 0.717) is 5.75 Å². The van der Waals surface area contributed by atoms with Gasteiger partial charge in [0.2, 0.25) is 10.0 Å². The number of ether oxygens (including phenoxy) is 2. The van der Waals surface area contributed by atoms with Crippen molar-refractivity contribution in [1.29, 1.82) is 0 Å². The van der Waals surface area contributed by atoms with Gasteiger partial charge in [-0.05, 0) is 23.8 Å². The maximum atomic E-state index is 14.3. The number of hydrogen-bond acceptors (Lipinski definition) is 5. The van der Waals surface area contributed by atoms with Crippen molar-refractivity contribution in [2.75, 3.05) is 27.4 Å². The number of methoxy groups -OCH3 is 1. The van der Waals surface area contributed by atoms with Gasteiger partial charge in [-0.1, -0.05) is 30.3 Å². The van der Waals surface area contributed by atoms with Crippen LogP contribution < -0.4 is 10.5 Å². The highest BCUT2D eigenvalue weighted by atomic mass is 32.2. The Bertz CT molecular complexity index is 904. The number of nitrogens with zero attached hydrogens (tertiary/aromatic N) is 1. The molecule has 2 atom stereocenters. The van der Waals surface area contributed by atoms with Crippen LogP contribution in [0.1, 0.15) is 11.1 Å². The minimum absolute atomic E-state index is 0.0613. The second-order valence-electron chi connectivity index (χ2n) is 6.67. The summed E-state index contributed by atoms with van der Waals surface area (Å²) in [6.45, 7) is 0.0184. The van der Waals surface area contributed by atoms with Crippen LogP contribution in [0.5, 0.6) is 5.75 Å². The fourth-order valence-corrected chi connectivity index (χ4v) is 5.07. The molecular weight excluding hydrogens is 371 g/mol. The first-order valence-corrected chi connectivity index (χ1v) is 9.99. The topological polar surface area (TPSA) is 81.9 Å². The highest BCUT2D eigenvalue weighted by Crippen LogP contribution is 2.35. The average Bonchev–Trinajstić information content (AvgIpc) is 3.06. The molecule has 2 unspecified atom stereocenters. The summed E-state index contributed by atoms with van der Waals surface area (Å²) in [4.78, 5) is 0. The van der Waals surface area contributed by atoms with Gasteiger partial charge in [0, 0.05) is 19.2 Å². The number of nitrogens with two attached hydrogens (primary N) is 1. The predicted octanol–water partition coefficient (Wildman–Crippen LogP) is 1.85. The molecule has 0 aliphatic carbocycles. The van der Waals surface area contributed by atoms with Crippen LogP contribution in [0.2, 0.25) is 0 Å². The Kier molecular flexibility index (Phi) is 5.53. The standard InChI is InChI=1S/C19H23FN2O4S/c1-22(11-14-7-9-15(25-2)10-8-14)27(23,24)18-12-26-13-19(18,21)16-5-3-4-6-17(16)20/h3-10,18H,11-13,21H2,1-2H3. The Morgan fingerprint density at radius 3 is 2.56 bits per heavy atom. The molecule has 0 aromatic heterocycles. The quantitative estimate of drug-likeness (QED) is 0.809. The van der Waals surface area contributed by atoms with Gasteiger partial charge in [-0.25, -0.2) is 17.1 Å². The number of benzene rings is 2. The van der Waals surface area contributed by atoms with Crippen molar-refractivity contribution in [2.24, 2.45) is 5.73 Å². The van der Waals surface area contributed by atoms with Crippen molar-refractivity contribution in [3.8, 4) is 5.75 Å². The van der Waals surface area contributed by atoms with Crippen LogP contribution in [-0.4, -0.2) is 45.3 Å². The van der Waals surface area contributed by atoms with Gasteiger partial charge in [-0.2, -0.15) is 0 Å². The van der Waals surface area contributed by atoms with E-state index in [1.54, 1.807) is 37.4 Å². The predicted molar refractivity (Wildman–Crippen MR) is 100 cm³/mol. The normalized spacial score (nSPS) is 22.9. The first kappa shape index (κ1) is 19.8. The molecular formula is C19H23FN2O4S. The molecule has 146 valence electrons. The monoisotopic (exact) mass is 394 g/mol. The van der Waals surface area contributed by atoms with Gasteiger partial charge < -0.3 is 15.2 Å². The van der Waals surface area contributed by atoms with Crippen molar-refractivity contribution >= 4 is 10.0 Å². The molecule has 27 heavy (non-hydrogen) atoms. The van der Waals surface area contributed by atoms with E-state index < -0.39 is 26.6 Å². The first-order valence-electron chi connectivity index (χ1n) is 8.49. The van der Waals surface area contributed by atoms with Crippen LogP contribution in [0.3, 0.4) is 0 Å². The number of rotatable bonds is 6. The van der Waals surface area contributed by atoms with Crippen LogP contribution >= 0.6 is 0 Å². The van der Waals surface area contributed by atoms with Crippen molar-refractivity contribution in [3.05, 3.63) is 65.5 Å². The lowest BCUT2D eigenvalue weighted by Gasteiger charge is -2.32. The molecule has 1 aliphatic rings. The molecule has 2 aromatic rings. The Hall–Kier alpha value is -2.00.